The summed E-state index contributed by atoms with van der Waals surface area (Å²) in [7, 11) is 0. The fraction of sp³-hybridized carbons (Fsp3) is 0. The molecule has 0 saturated carbocycles. The van der Waals surface area contributed by atoms with Gasteiger partial charge in [0.15, 0.2) is 0 Å². The Hall–Kier alpha value is -19.9. The summed E-state index contributed by atoms with van der Waals surface area (Å²) in [5.74, 6) is 0. The first-order valence-electron chi connectivity index (χ1n) is 50.9. The molecule has 0 radical (unpaired) electrons. The van der Waals surface area contributed by atoms with E-state index in [1.54, 1.807) is 0 Å². The Labute approximate surface area is 874 Å². The molecular weight excluding hydrogens is 1810 g/mol. The molecule has 0 amide bonds. The molecule has 25 aromatic rings. The average molecular weight is 1910 g/mol. The SMILES string of the molecule is c1ccc(-c2cccc(-c3ccc(-c4ccccc4-c4cc(-c5ccccc5-c5ccc(-c6cccc(-c7ccccc7)c6)nc5)cc(-c5ccccc5-c5ccc(-c6cnc(-c7ccc(-c8ccccc8-c8cc(-c9ccccc9-c9ccc(-c%10cccc(-c%11ccccc%11)c%10)nc9)cc(-c9ccccc9-c9ccc(-c%10cccc(-c%11ccccc%11)c%10)nc9)c8)c(-c8ccccc8)c7)cn6)cc5-c5ccccc5)c4)cn3)c2)cc1. The highest BCUT2D eigenvalue weighted by atomic mass is 14.8. The first-order chi connectivity index (χ1) is 74.3. The molecule has 6 nitrogen and oxygen atoms in total. The lowest BCUT2D eigenvalue weighted by molar-refractivity contribution is 1.21. The van der Waals surface area contributed by atoms with Crippen molar-refractivity contribution in [2.45, 2.75) is 0 Å². The van der Waals surface area contributed by atoms with Crippen LogP contribution in [0.1, 0.15) is 0 Å². The monoisotopic (exact) mass is 1910 g/mol. The molecule has 0 unspecified atom stereocenters. The maximum atomic E-state index is 5.36. The quantitative estimate of drug-likeness (QED) is 0.0600. The third kappa shape index (κ3) is 19.0. The van der Waals surface area contributed by atoms with E-state index in [1.807, 2.05) is 37.2 Å². The van der Waals surface area contributed by atoms with Crippen LogP contribution in [0.2, 0.25) is 0 Å². The van der Waals surface area contributed by atoms with Gasteiger partial charge in [0.1, 0.15) is 0 Å². The maximum Gasteiger partial charge on any atom is 0.0885 e. The molecule has 0 atom stereocenters. The fourth-order valence-corrected chi connectivity index (χ4v) is 21.1. The number of aromatic nitrogens is 6. The zero-order valence-electron chi connectivity index (χ0n) is 82.1. The van der Waals surface area contributed by atoms with E-state index in [9.17, 15) is 0 Å². The largest absolute Gasteiger partial charge is 0.256 e. The van der Waals surface area contributed by atoms with Crippen LogP contribution in [0.4, 0.5) is 0 Å². The van der Waals surface area contributed by atoms with E-state index in [1.165, 1.54) is 22.3 Å². The lowest BCUT2D eigenvalue weighted by Crippen LogP contribution is -1.95. The number of rotatable bonds is 24. The van der Waals surface area contributed by atoms with Crippen molar-refractivity contribution in [1.82, 2.24) is 29.9 Å². The lowest BCUT2D eigenvalue weighted by atomic mass is 9.85. The number of hydrogen-bond donors (Lipinski definition) is 0. The van der Waals surface area contributed by atoms with E-state index in [2.05, 4.69) is 546 Å². The van der Waals surface area contributed by atoms with Crippen LogP contribution in [0.3, 0.4) is 0 Å². The first-order valence-corrected chi connectivity index (χ1v) is 50.9. The van der Waals surface area contributed by atoms with Crippen molar-refractivity contribution in [2.75, 3.05) is 0 Å². The number of hydrogen-bond acceptors (Lipinski definition) is 6. The second-order valence-corrected chi connectivity index (χ2v) is 37.9. The summed E-state index contributed by atoms with van der Waals surface area (Å²) in [6, 6.07) is 196. The minimum atomic E-state index is 0.751. The second-order valence-electron chi connectivity index (χ2n) is 37.9. The Kier molecular flexibility index (Phi) is 25.2. The fourth-order valence-electron chi connectivity index (χ4n) is 21.1. The Morgan fingerprint density at radius 1 is 0.0733 bits per heavy atom. The Morgan fingerprint density at radius 2 is 0.233 bits per heavy atom. The van der Waals surface area contributed by atoms with Gasteiger partial charge in [0.25, 0.3) is 0 Å². The zero-order valence-corrected chi connectivity index (χ0v) is 82.1. The van der Waals surface area contributed by atoms with Gasteiger partial charge in [-0.25, -0.2) is 0 Å². The van der Waals surface area contributed by atoms with Crippen molar-refractivity contribution < 1.29 is 0 Å². The predicted octanol–water partition coefficient (Wildman–Crippen LogP) is 38.1. The molecule has 0 fully saturated rings. The summed E-state index contributed by atoms with van der Waals surface area (Å²) in [5, 5.41) is 0. The topological polar surface area (TPSA) is 77.3 Å². The Balaban J connectivity index is 0.566. The number of nitrogens with zero attached hydrogens (tertiary/aromatic N) is 6. The summed E-state index contributed by atoms with van der Waals surface area (Å²) in [4.78, 5) is 31.5. The molecule has 0 aliphatic heterocycles. The van der Waals surface area contributed by atoms with E-state index in [4.69, 9.17) is 29.9 Å². The van der Waals surface area contributed by atoms with Crippen molar-refractivity contribution in [3.8, 4) is 268 Å². The van der Waals surface area contributed by atoms with Gasteiger partial charge in [-0.1, -0.05) is 449 Å². The van der Waals surface area contributed by atoms with E-state index >= 15 is 0 Å². The third-order valence-electron chi connectivity index (χ3n) is 28.7. The first kappa shape index (κ1) is 91.3. The molecule has 0 aliphatic carbocycles. The summed E-state index contributed by atoms with van der Waals surface area (Å²) < 4.78 is 0. The molecule has 0 aliphatic rings. The van der Waals surface area contributed by atoms with Gasteiger partial charge in [-0.3, -0.25) is 29.9 Å². The van der Waals surface area contributed by atoms with Crippen molar-refractivity contribution in [3.05, 3.63) is 583 Å². The van der Waals surface area contributed by atoms with Crippen LogP contribution in [-0.2, 0) is 0 Å². The third-order valence-corrected chi connectivity index (χ3v) is 28.7. The van der Waals surface area contributed by atoms with E-state index in [0.29, 0.717) is 0 Å². The van der Waals surface area contributed by atoms with Crippen LogP contribution < -0.4 is 0 Å². The van der Waals surface area contributed by atoms with Crippen LogP contribution in [0.5, 0.6) is 0 Å². The van der Waals surface area contributed by atoms with Crippen molar-refractivity contribution in [2.24, 2.45) is 0 Å². The highest BCUT2D eigenvalue weighted by Gasteiger charge is 2.25. The minimum Gasteiger partial charge on any atom is -0.256 e. The van der Waals surface area contributed by atoms with E-state index < -0.39 is 0 Å². The maximum absolute atomic E-state index is 5.36. The van der Waals surface area contributed by atoms with E-state index in [0.717, 1.165) is 246 Å². The molecule has 0 spiro atoms. The Bertz CT molecular complexity index is 8310. The number of pyridine rings is 4. The molecule has 0 saturated heterocycles. The van der Waals surface area contributed by atoms with Gasteiger partial charge in [0, 0.05) is 80.4 Å². The van der Waals surface area contributed by atoms with Gasteiger partial charge in [-0.05, 0) is 275 Å². The molecular formula is C144H96N6. The van der Waals surface area contributed by atoms with Gasteiger partial charge in [0.2, 0.25) is 0 Å². The lowest BCUT2D eigenvalue weighted by Gasteiger charge is -2.19. The van der Waals surface area contributed by atoms with Crippen LogP contribution >= 0.6 is 0 Å². The molecule has 5 aromatic heterocycles. The predicted molar refractivity (Wildman–Crippen MR) is 624 cm³/mol. The number of benzene rings is 20. The normalized spacial score (nSPS) is 11.2. The molecule has 0 bridgehead atoms. The summed E-state index contributed by atoms with van der Waals surface area (Å²) in [6.07, 6.45) is 12.0. The van der Waals surface area contributed by atoms with Crippen LogP contribution in [0, 0.1) is 0 Å². The van der Waals surface area contributed by atoms with Crippen LogP contribution in [0.15, 0.2) is 583 Å². The van der Waals surface area contributed by atoms with Gasteiger partial charge in [-0.2, -0.15) is 0 Å². The smallest absolute Gasteiger partial charge is 0.0885 e. The highest BCUT2D eigenvalue weighted by molar-refractivity contribution is 6.01. The van der Waals surface area contributed by atoms with E-state index in [-0.39, 0.29) is 0 Å². The standard InChI is InChI=1S/C144H96N6/c1-7-35-97(36-8-1)103-47-31-51-107(79-103)139-75-69-113(91-145-139)123-55-19-23-59-127(123)117-83-118(128-60-24-20-56-124(128)114-70-76-140(146-92-114)108-52-32-48-104(80-108)98-37-9-2-10-38-98)86-121(85-117)131-63-27-29-65-133(131)135-73-67-111(89-137(135)101-43-15-5-16-44-101)143-95-150-144(96-149-143)112-68-74-136(138(90-112)102-45-17-6-18-46-102)134-66-30-28-64-132(134)122-87-119(129-61-25-21-57-125(129)115-71-77-141(147-93-115)109-53-33-49-105(81-109)99-39-11-3-12-40-99)84-120(88-122)130-62-26-22-58-126(130)116-72-78-142(148-94-116)110-54-34-50-106(82-110)100-41-13-4-14-42-100/h1-96H. The van der Waals surface area contributed by atoms with Gasteiger partial charge in [-0.15, -0.1) is 0 Å². The summed E-state index contributed by atoms with van der Waals surface area (Å²) in [6.45, 7) is 0. The van der Waals surface area contributed by atoms with Gasteiger partial charge in [0.05, 0.1) is 46.6 Å². The van der Waals surface area contributed by atoms with Gasteiger partial charge >= 0.3 is 0 Å². The zero-order chi connectivity index (χ0) is 99.8. The highest BCUT2D eigenvalue weighted by Crippen LogP contribution is 2.50. The molecule has 150 heavy (non-hydrogen) atoms. The van der Waals surface area contributed by atoms with Crippen molar-refractivity contribution in [3.63, 3.8) is 0 Å². The molecule has 702 valence electrons. The van der Waals surface area contributed by atoms with Gasteiger partial charge < -0.3 is 0 Å². The Morgan fingerprint density at radius 3 is 0.453 bits per heavy atom. The van der Waals surface area contributed by atoms with Crippen LogP contribution in [0.25, 0.3) is 268 Å². The molecule has 20 aromatic carbocycles. The average Bonchev–Trinajstić information content (AvgIpc) is 0.761. The second kappa shape index (κ2) is 41.4. The molecule has 0 N–H and O–H groups in total. The summed E-state index contributed by atoms with van der Waals surface area (Å²) >= 11 is 0. The van der Waals surface area contributed by atoms with Crippen molar-refractivity contribution in [1.29, 1.82) is 0 Å². The van der Waals surface area contributed by atoms with Crippen molar-refractivity contribution >= 4 is 0 Å². The van der Waals surface area contributed by atoms with Crippen LogP contribution in [-0.4, -0.2) is 29.9 Å². The molecule has 5 heterocycles. The molecule has 6 heteroatoms. The minimum absolute atomic E-state index is 0.751. The molecule has 25 rings (SSSR count). The summed E-state index contributed by atoms with van der Waals surface area (Å²) in [5.41, 5.74) is 50.3.